The lowest BCUT2D eigenvalue weighted by Gasteiger charge is -2.23. The lowest BCUT2D eigenvalue weighted by atomic mass is 10.0. The second-order valence-electron chi connectivity index (χ2n) is 8.28. The van der Waals surface area contributed by atoms with Crippen molar-refractivity contribution < 1.29 is 38.4 Å². The first-order valence-electron chi connectivity index (χ1n) is 11.1. The highest BCUT2D eigenvalue weighted by Crippen LogP contribution is 2.31. The topological polar surface area (TPSA) is 113 Å². The van der Waals surface area contributed by atoms with Gasteiger partial charge >= 0.3 is 5.97 Å². The number of carboxylic acid groups (broad SMARTS) is 1. The highest BCUT2D eigenvalue weighted by atomic mass is 16.5. The minimum atomic E-state index is -1.55. The molecule has 0 aliphatic rings. The van der Waals surface area contributed by atoms with Crippen molar-refractivity contribution in [2.24, 2.45) is 0 Å². The quantitative estimate of drug-likeness (QED) is 0.369. The molecule has 0 unspecified atom stereocenters. The third-order valence-electron chi connectivity index (χ3n) is 5.40. The van der Waals surface area contributed by atoms with E-state index >= 15 is 0 Å². The zero-order chi connectivity index (χ0) is 26.3. The number of methoxy groups -OCH3 is 3. The summed E-state index contributed by atoms with van der Waals surface area (Å²) in [5.41, 5.74) is -0.0548. The number of ether oxygens (including phenoxy) is 5. The molecule has 9 heteroatoms. The van der Waals surface area contributed by atoms with Crippen molar-refractivity contribution in [2.75, 3.05) is 27.9 Å². The van der Waals surface area contributed by atoms with E-state index in [0.717, 1.165) is 5.56 Å². The van der Waals surface area contributed by atoms with Gasteiger partial charge < -0.3 is 28.8 Å². The number of pyridine rings is 1. The fourth-order valence-electron chi connectivity index (χ4n) is 3.29. The van der Waals surface area contributed by atoms with Crippen LogP contribution in [0, 0.1) is 0 Å². The van der Waals surface area contributed by atoms with Gasteiger partial charge in [-0.25, -0.2) is 9.78 Å². The zero-order valence-corrected chi connectivity index (χ0v) is 20.9. The standard InChI is InChI=1S/C27H29NO8/c1-27(2,26(30)31)36-22-15-19(32-3)8-9-20(22)25(29)18-7-11-24(28-16-18)35-13-12-17-6-10-21(33-4)23(14-17)34-5/h6-11,14-16H,12-13H2,1-5H3,(H,30,31). The molecule has 0 fully saturated rings. The number of benzene rings is 2. The van der Waals surface area contributed by atoms with Gasteiger partial charge in [0.1, 0.15) is 11.5 Å². The van der Waals surface area contributed by atoms with E-state index < -0.39 is 11.6 Å². The highest BCUT2D eigenvalue weighted by molar-refractivity contribution is 6.10. The number of hydrogen-bond acceptors (Lipinski definition) is 8. The van der Waals surface area contributed by atoms with Crippen LogP contribution in [-0.2, 0) is 11.2 Å². The Morgan fingerprint density at radius 1 is 0.889 bits per heavy atom. The Kier molecular flexibility index (Phi) is 8.37. The van der Waals surface area contributed by atoms with Crippen LogP contribution in [0.4, 0.5) is 0 Å². The molecule has 0 spiro atoms. The molecule has 1 heterocycles. The predicted octanol–water partition coefficient (Wildman–Crippen LogP) is 4.20. The number of carbonyl (C=O) groups is 2. The Balaban J connectivity index is 1.70. The largest absolute Gasteiger partial charge is 0.497 e. The summed E-state index contributed by atoms with van der Waals surface area (Å²) in [6.45, 7) is 3.17. The van der Waals surface area contributed by atoms with Crippen LogP contribution in [0.3, 0.4) is 0 Å². The Morgan fingerprint density at radius 2 is 1.64 bits per heavy atom. The van der Waals surface area contributed by atoms with Crippen molar-refractivity contribution in [3.05, 3.63) is 71.4 Å². The van der Waals surface area contributed by atoms with Gasteiger partial charge in [-0.15, -0.1) is 0 Å². The van der Waals surface area contributed by atoms with Gasteiger partial charge in [-0.3, -0.25) is 4.79 Å². The minimum absolute atomic E-state index is 0.0991. The van der Waals surface area contributed by atoms with Crippen LogP contribution in [0.15, 0.2) is 54.7 Å². The lowest BCUT2D eigenvalue weighted by Crippen LogP contribution is -2.38. The summed E-state index contributed by atoms with van der Waals surface area (Å²) in [6.07, 6.45) is 2.03. The maximum absolute atomic E-state index is 13.2. The SMILES string of the molecule is COc1ccc(C(=O)c2ccc(OCCc3ccc(OC)c(OC)c3)nc2)c(OC(C)(C)C(=O)O)c1. The summed E-state index contributed by atoms with van der Waals surface area (Å²) >= 11 is 0. The second kappa shape index (κ2) is 11.4. The van der Waals surface area contributed by atoms with Crippen LogP contribution >= 0.6 is 0 Å². The molecule has 9 nitrogen and oxygen atoms in total. The normalized spacial score (nSPS) is 10.9. The van der Waals surface area contributed by atoms with Crippen LogP contribution in [0.5, 0.6) is 28.9 Å². The van der Waals surface area contributed by atoms with E-state index in [4.69, 9.17) is 23.7 Å². The average molecular weight is 496 g/mol. The number of nitrogens with zero attached hydrogens (tertiary/aromatic N) is 1. The number of hydrogen-bond donors (Lipinski definition) is 1. The number of aliphatic carboxylic acids is 1. The molecule has 0 aliphatic carbocycles. The van der Waals surface area contributed by atoms with Crippen molar-refractivity contribution in [3.63, 3.8) is 0 Å². The Hall–Kier alpha value is -4.27. The first kappa shape index (κ1) is 26.3. The van der Waals surface area contributed by atoms with Gasteiger partial charge in [0.15, 0.2) is 22.9 Å². The Labute approximate surface area is 209 Å². The number of carbonyl (C=O) groups excluding carboxylic acids is 1. The number of ketones is 1. The smallest absolute Gasteiger partial charge is 0.347 e. The summed E-state index contributed by atoms with van der Waals surface area (Å²) < 4.78 is 27.2. The third-order valence-corrected chi connectivity index (χ3v) is 5.40. The molecule has 3 aromatic rings. The van der Waals surface area contributed by atoms with Gasteiger partial charge in [-0.2, -0.15) is 0 Å². The van der Waals surface area contributed by atoms with Crippen LogP contribution in [0.25, 0.3) is 0 Å². The van der Waals surface area contributed by atoms with Crippen LogP contribution in [0.2, 0.25) is 0 Å². The molecule has 0 saturated heterocycles. The van der Waals surface area contributed by atoms with Gasteiger partial charge in [0, 0.05) is 30.3 Å². The van der Waals surface area contributed by atoms with Crippen LogP contribution in [0.1, 0.15) is 35.3 Å². The molecule has 36 heavy (non-hydrogen) atoms. The summed E-state index contributed by atoms with van der Waals surface area (Å²) in [7, 11) is 4.63. The zero-order valence-electron chi connectivity index (χ0n) is 20.9. The van der Waals surface area contributed by atoms with Crippen molar-refractivity contribution >= 4 is 11.8 Å². The molecule has 1 N–H and O–H groups in total. The van der Waals surface area contributed by atoms with Gasteiger partial charge in [-0.1, -0.05) is 6.07 Å². The van der Waals surface area contributed by atoms with Crippen LogP contribution in [-0.4, -0.2) is 55.4 Å². The number of aromatic nitrogens is 1. The maximum Gasteiger partial charge on any atom is 0.347 e. The van der Waals surface area contributed by atoms with Crippen molar-refractivity contribution in [2.45, 2.75) is 25.9 Å². The summed E-state index contributed by atoms with van der Waals surface area (Å²) in [5.74, 6) is 0.648. The fraction of sp³-hybridized carbons (Fsp3) is 0.296. The second-order valence-corrected chi connectivity index (χ2v) is 8.28. The van der Waals surface area contributed by atoms with E-state index in [-0.39, 0.29) is 17.1 Å². The van der Waals surface area contributed by atoms with Gasteiger partial charge in [0.2, 0.25) is 5.88 Å². The molecular formula is C27H29NO8. The van der Waals surface area contributed by atoms with E-state index in [2.05, 4.69) is 4.98 Å². The van der Waals surface area contributed by atoms with Gasteiger partial charge in [-0.05, 0) is 49.7 Å². The molecular weight excluding hydrogens is 466 g/mol. The third kappa shape index (κ3) is 6.24. The molecule has 190 valence electrons. The molecule has 3 rings (SSSR count). The first-order chi connectivity index (χ1) is 17.2. The maximum atomic E-state index is 13.2. The van der Waals surface area contributed by atoms with Crippen molar-refractivity contribution in [1.29, 1.82) is 0 Å². The molecule has 1 aromatic heterocycles. The molecule has 0 atom stereocenters. The predicted molar refractivity (Wildman–Crippen MR) is 132 cm³/mol. The summed E-state index contributed by atoms with van der Waals surface area (Å²) in [5, 5.41) is 9.42. The van der Waals surface area contributed by atoms with E-state index in [1.165, 1.54) is 39.3 Å². The Bertz CT molecular complexity index is 1220. The lowest BCUT2D eigenvalue weighted by molar-refractivity contribution is -0.152. The number of rotatable bonds is 12. The average Bonchev–Trinajstić information content (AvgIpc) is 2.88. The first-order valence-corrected chi connectivity index (χ1v) is 11.1. The molecule has 0 radical (unpaired) electrons. The monoisotopic (exact) mass is 495 g/mol. The van der Waals surface area contributed by atoms with Crippen molar-refractivity contribution in [1.82, 2.24) is 4.98 Å². The van der Waals surface area contributed by atoms with Crippen molar-refractivity contribution in [3.8, 4) is 28.9 Å². The van der Waals surface area contributed by atoms with Gasteiger partial charge in [0.25, 0.3) is 0 Å². The minimum Gasteiger partial charge on any atom is -0.497 e. The summed E-state index contributed by atoms with van der Waals surface area (Å²) in [6, 6.07) is 13.5. The van der Waals surface area contributed by atoms with Crippen LogP contribution < -0.4 is 23.7 Å². The van der Waals surface area contributed by atoms with E-state index in [1.807, 2.05) is 18.2 Å². The molecule has 0 aliphatic heterocycles. The fourth-order valence-corrected chi connectivity index (χ4v) is 3.29. The highest BCUT2D eigenvalue weighted by Gasteiger charge is 2.31. The molecule has 0 saturated carbocycles. The van der Waals surface area contributed by atoms with E-state index in [1.54, 1.807) is 32.4 Å². The molecule has 0 bridgehead atoms. The van der Waals surface area contributed by atoms with Gasteiger partial charge in [0.05, 0.1) is 33.5 Å². The molecule has 2 aromatic carbocycles. The summed E-state index contributed by atoms with van der Waals surface area (Å²) in [4.78, 5) is 28.9. The number of carboxylic acids is 1. The van der Waals surface area contributed by atoms with E-state index in [9.17, 15) is 14.7 Å². The Morgan fingerprint density at radius 3 is 2.25 bits per heavy atom. The van der Waals surface area contributed by atoms with E-state index in [0.29, 0.717) is 41.7 Å². The molecule has 0 amide bonds.